The minimum absolute atomic E-state index is 0.338. The quantitative estimate of drug-likeness (QED) is 0.898. The van der Waals surface area contributed by atoms with Crippen molar-refractivity contribution in [1.29, 1.82) is 0 Å². The van der Waals surface area contributed by atoms with Gasteiger partial charge in [0.1, 0.15) is 0 Å². The van der Waals surface area contributed by atoms with Crippen LogP contribution in [-0.4, -0.2) is 25.4 Å². The summed E-state index contributed by atoms with van der Waals surface area (Å²) in [7, 11) is 1.91. The molecule has 0 aliphatic rings. The molecule has 2 heterocycles. The highest BCUT2D eigenvalue weighted by Gasteiger charge is 2.11. The third-order valence-corrected chi connectivity index (χ3v) is 3.42. The fourth-order valence-corrected chi connectivity index (χ4v) is 2.15. The molecule has 0 fully saturated rings. The Morgan fingerprint density at radius 2 is 2.28 bits per heavy atom. The number of nitrogens with one attached hydrogen (secondary N) is 1. The maximum absolute atomic E-state index is 6.20. The van der Waals surface area contributed by atoms with E-state index in [0.717, 1.165) is 23.0 Å². The second-order valence-corrected chi connectivity index (χ2v) is 4.89. The molecular weight excluding hydrogens is 250 g/mol. The molecule has 2 rings (SSSR count). The molecule has 0 saturated carbocycles. The lowest BCUT2D eigenvalue weighted by molar-refractivity contribution is 0.466. The van der Waals surface area contributed by atoms with Gasteiger partial charge in [0, 0.05) is 38.6 Å². The second kappa shape index (κ2) is 5.54. The van der Waals surface area contributed by atoms with Crippen LogP contribution in [0.2, 0.25) is 5.02 Å². The molecule has 1 atom stereocenters. The Morgan fingerprint density at radius 3 is 2.83 bits per heavy atom. The lowest BCUT2D eigenvalue weighted by Crippen LogP contribution is -2.30. The van der Waals surface area contributed by atoms with E-state index in [-0.39, 0.29) is 0 Å². The highest BCUT2D eigenvalue weighted by molar-refractivity contribution is 6.31. The minimum atomic E-state index is 0.338. The molecule has 18 heavy (non-hydrogen) atoms. The summed E-state index contributed by atoms with van der Waals surface area (Å²) in [5.74, 6) is 0. The molecule has 0 aliphatic heterocycles. The van der Waals surface area contributed by atoms with Crippen LogP contribution in [0.1, 0.15) is 18.3 Å². The van der Waals surface area contributed by atoms with Gasteiger partial charge >= 0.3 is 0 Å². The minimum Gasteiger partial charge on any atom is -0.336 e. The van der Waals surface area contributed by atoms with Crippen molar-refractivity contribution in [2.24, 2.45) is 7.05 Å². The molecule has 1 N–H and O–H groups in total. The number of nitrogens with zero attached hydrogens (tertiary/aromatic N) is 4. The molecule has 0 saturated heterocycles. The molecule has 5 nitrogen and oxygen atoms in total. The van der Waals surface area contributed by atoms with E-state index in [1.165, 1.54) is 0 Å². The van der Waals surface area contributed by atoms with Crippen LogP contribution in [0.4, 0.5) is 0 Å². The molecule has 1 unspecified atom stereocenters. The molecule has 0 aliphatic carbocycles. The van der Waals surface area contributed by atoms with Crippen LogP contribution in [0.15, 0.2) is 18.7 Å². The highest BCUT2D eigenvalue weighted by Crippen LogP contribution is 2.19. The van der Waals surface area contributed by atoms with Gasteiger partial charge < -0.3 is 9.88 Å². The first kappa shape index (κ1) is 13.1. The Morgan fingerprint density at radius 1 is 1.50 bits per heavy atom. The van der Waals surface area contributed by atoms with Crippen LogP contribution in [0, 0.1) is 6.92 Å². The number of imidazole rings is 1. The Labute approximate surface area is 112 Å². The van der Waals surface area contributed by atoms with E-state index in [4.69, 9.17) is 11.6 Å². The molecule has 0 aromatic carbocycles. The van der Waals surface area contributed by atoms with Crippen molar-refractivity contribution in [3.8, 4) is 0 Å². The molecule has 2 aromatic rings. The van der Waals surface area contributed by atoms with Crippen LogP contribution < -0.4 is 5.32 Å². The van der Waals surface area contributed by atoms with Gasteiger partial charge in [0.25, 0.3) is 0 Å². The molecule has 0 radical (unpaired) electrons. The summed E-state index contributed by atoms with van der Waals surface area (Å²) in [5, 5.41) is 8.48. The Balaban J connectivity index is 1.91. The molecule has 0 amide bonds. The maximum atomic E-state index is 6.20. The molecule has 0 spiro atoms. The van der Waals surface area contributed by atoms with Crippen molar-refractivity contribution < 1.29 is 0 Å². The fraction of sp³-hybridized carbons (Fsp3) is 0.500. The summed E-state index contributed by atoms with van der Waals surface area (Å²) in [6.45, 7) is 5.65. The van der Waals surface area contributed by atoms with Crippen LogP contribution in [0.3, 0.4) is 0 Å². The summed E-state index contributed by atoms with van der Waals surface area (Å²) in [4.78, 5) is 4.03. The number of aryl methyl sites for hydroxylation is 2. The van der Waals surface area contributed by atoms with Gasteiger partial charge in [-0.1, -0.05) is 11.6 Å². The van der Waals surface area contributed by atoms with Gasteiger partial charge in [-0.05, 0) is 13.8 Å². The zero-order valence-electron chi connectivity index (χ0n) is 10.9. The summed E-state index contributed by atoms with van der Waals surface area (Å²) in [6.07, 6.45) is 5.56. The van der Waals surface area contributed by atoms with Gasteiger partial charge in [0.05, 0.1) is 22.7 Å². The van der Waals surface area contributed by atoms with E-state index < -0.39 is 0 Å². The third kappa shape index (κ3) is 2.91. The predicted octanol–water partition coefficient (Wildman–Crippen LogP) is 1.76. The van der Waals surface area contributed by atoms with Crippen molar-refractivity contribution in [3.63, 3.8) is 0 Å². The average Bonchev–Trinajstić information content (AvgIpc) is 2.88. The lowest BCUT2D eigenvalue weighted by atomic mass is 10.3. The van der Waals surface area contributed by atoms with E-state index in [2.05, 4.69) is 22.3 Å². The Bertz CT molecular complexity index is 503. The van der Waals surface area contributed by atoms with Gasteiger partial charge in [-0.2, -0.15) is 5.10 Å². The number of hydrogen-bond acceptors (Lipinski definition) is 3. The molecule has 98 valence electrons. The summed E-state index contributed by atoms with van der Waals surface area (Å²) in [5.41, 5.74) is 1.89. The average molecular weight is 268 g/mol. The SMILES string of the molecule is Cc1nn(C)c(CNC(C)Cn2ccnc2)c1Cl. The van der Waals surface area contributed by atoms with Crippen LogP contribution in [0.5, 0.6) is 0 Å². The second-order valence-electron chi connectivity index (χ2n) is 4.51. The van der Waals surface area contributed by atoms with Crippen LogP contribution in [0.25, 0.3) is 0 Å². The van der Waals surface area contributed by atoms with Crippen molar-refractivity contribution in [2.45, 2.75) is 33.0 Å². The first-order chi connectivity index (χ1) is 8.58. The standard InChI is InChI=1S/C12H18ClN5/c1-9(7-18-5-4-14-8-18)15-6-11-12(13)10(2)16-17(11)3/h4-5,8-9,15H,6-7H2,1-3H3. The summed E-state index contributed by atoms with van der Waals surface area (Å²) in [6, 6.07) is 0.338. The van der Waals surface area contributed by atoms with E-state index in [1.54, 1.807) is 6.20 Å². The highest BCUT2D eigenvalue weighted by atomic mass is 35.5. The fourth-order valence-electron chi connectivity index (χ4n) is 1.92. The molecule has 6 heteroatoms. The number of rotatable bonds is 5. The van der Waals surface area contributed by atoms with Gasteiger partial charge in [-0.3, -0.25) is 4.68 Å². The Hall–Kier alpha value is -1.33. The first-order valence-electron chi connectivity index (χ1n) is 5.95. The number of aromatic nitrogens is 4. The van der Waals surface area contributed by atoms with E-state index in [1.807, 2.05) is 35.7 Å². The molecular formula is C12H18ClN5. The van der Waals surface area contributed by atoms with E-state index in [9.17, 15) is 0 Å². The predicted molar refractivity (Wildman–Crippen MR) is 71.5 cm³/mol. The van der Waals surface area contributed by atoms with Gasteiger partial charge in [-0.25, -0.2) is 4.98 Å². The van der Waals surface area contributed by atoms with Gasteiger partial charge in [0.2, 0.25) is 0 Å². The topological polar surface area (TPSA) is 47.7 Å². The van der Waals surface area contributed by atoms with Gasteiger partial charge in [0.15, 0.2) is 0 Å². The number of hydrogen-bond donors (Lipinski definition) is 1. The maximum Gasteiger partial charge on any atom is 0.0946 e. The van der Waals surface area contributed by atoms with Crippen molar-refractivity contribution in [3.05, 3.63) is 35.1 Å². The van der Waals surface area contributed by atoms with E-state index >= 15 is 0 Å². The normalized spacial score (nSPS) is 12.9. The van der Waals surface area contributed by atoms with Crippen molar-refractivity contribution >= 4 is 11.6 Å². The van der Waals surface area contributed by atoms with E-state index in [0.29, 0.717) is 12.6 Å². The van der Waals surface area contributed by atoms with Crippen molar-refractivity contribution in [2.75, 3.05) is 0 Å². The van der Waals surface area contributed by atoms with Crippen molar-refractivity contribution in [1.82, 2.24) is 24.6 Å². The number of halogens is 1. The lowest BCUT2D eigenvalue weighted by Gasteiger charge is -2.14. The van der Waals surface area contributed by atoms with Crippen LogP contribution >= 0.6 is 11.6 Å². The first-order valence-corrected chi connectivity index (χ1v) is 6.33. The zero-order valence-corrected chi connectivity index (χ0v) is 11.6. The molecule has 2 aromatic heterocycles. The third-order valence-electron chi connectivity index (χ3n) is 2.92. The summed E-state index contributed by atoms with van der Waals surface area (Å²) < 4.78 is 3.88. The summed E-state index contributed by atoms with van der Waals surface area (Å²) >= 11 is 6.20. The monoisotopic (exact) mass is 267 g/mol. The molecule has 0 bridgehead atoms. The van der Waals surface area contributed by atoms with Crippen LogP contribution in [-0.2, 0) is 20.1 Å². The van der Waals surface area contributed by atoms with Gasteiger partial charge in [-0.15, -0.1) is 0 Å². The zero-order chi connectivity index (χ0) is 13.1. The smallest absolute Gasteiger partial charge is 0.0946 e. The largest absolute Gasteiger partial charge is 0.336 e. The Kier molecular flexibility index (Phi) is 4.04.